The zero-order valence-electron chi connectivity index (χ0n) is 10.2. The summed E-state index contributed by atoms with van der Waals surface area (Å²) >= 11 is 5.96. The van der Waals surface area contributed by atoms with E-state index in [1.165, 1.54) is 12.8 Å². The number of hydrogen-bond donors (Lipinski definition) is 1. The van der Waals surface area contributed by atoms with Gasteiger partial charge in [0.25, 0.3) is 0 Å². The summed E-state index contributed by atoms with van der Waals surface area (Å²) in [5, 5.41) is 0.608. The molecule has 1 aromatic rings. The molecule has 94 valence electrons. The van der Waals surface area contributed by atoms with Crippen LogP contribution in [0.1, 0.15) is 38.3 Å². The van der Waals surface area contributed by atoms with Crippen LogP contribution in [0.2, 0.25) is 5.02 Å². The molecule has 1 aliphatic rings. The van der Waals surface area contributed by atoms with Crippen molar-refractivity contribution in [1.82, 2.24) is 4.98 Å². The zero-order valence-corrected chi connectivity index (χ0v) is 10.9. The van der Waals surface area contributed by atoms with Crippen molar-refractivity contribution in [3.63, 3.8) is 0 Å². The van der Waals surface area contributed by atoms with E-state index in [-0.39, 0.29) is 0 Å². The fourth-order valence-corrected chi connectivity index (χ4v) is 2.37. The summed E-state index contributed by atoms with van der Waals surface area (Å²) in [4.78, 5) is 4.32. The standard InChI is InChI=1S/C13H19ClN2O/c1-9-2-4-10(5-3-9)17-13-7-6-11(14)12(8-15)16-13/h6-7,9-10H,2-5,8,15H2,1H3. The van der Waals surface area contributed by atoms with Crippen LogP contribution in [0.3, 0.4) is 0 Å². The van der Waals surface area contributed by atoms with E-state index in [0.717, 1.165) is 18.8 Å². The van der Waals surface area contributed by atoms with E-state index in [1.54, 1.807) is 6.07 Å². The second-order valence-electron chi connectivity index (χ2n) is 4.78. The van der Waals surface area contributed by atoms with Crippen LogP contribution >= 0.6 is 11.6 Å². The smallest absolute Gasteiger partial charge is 0.213 e. The van der Waals surface area contributed by atoms with Crippen LogP contribution < -0.4 is 10.5 Å². The second-order valence-corrected chi connectivity index (χ2v) is 5.19. The zero-order chi connectivity index (χ0) is 12.3. The van der Waals surface area contributed by atoms with Crippen molar-refractivity contribution in [1.29, 1.82) is 0 Å². The molecule has 0 saturated heterocycles. The molecule has 0 aromatic carbocycles. The lowest BCUT2D eigenvalue weighted by Gasteiger charge is -2.26. The van der Waals surface area contributed by atoms with Crippen LogP contribution in [0.25, 0.3) is 0 Å². The number of nitrogens with two attached hydrogens (primary N) is 1. The minimum absolute atomic E-state index is 0.297. The van der Waals surface area contributed by atoms with Gasteiger partial charge in [-0.25, -0.2) is 4.98 Å². The molecule has 3 nitrogen and oxygen atoms in total. The van der Waals surface area contributed by atoms with E-state index < -0.39 is 0 Å². The van der Waals surface area contributed by atoms with Crippen LogP contribution in [-0.2, 0) is 6.54 Å². The molecule has 4 heteroatoms. The average molecular weight is 255 g/mol. The summed E-state index contributed by atoms with van der Waals surface area (Å²) in [5.41, 5.74) is 6.27. The van der Waals surface area contributed by atoms with Gasteiger partial charge in [0, 0.05) is 12.6 Å². The lowest BCUT2D eigenvalue weighted by molar-refractivity contribution is 0.130. The highest BCUT2D eigenvalue weighted by Gasteiger charge is 2.20. The van der Waals surface area contributed by atoms with Gasteiger partial charge in [-0.1, -0.05) is 18.5 Å². The van der Waals surface area contributed by atoms with E-state index in [0.29, 0.717) is 29.2 Å². The molecule has 0 bridgehead atoms. The minimum atomic E-state index is 0.297. The van der Waals surface area contributed by atoms with Crippen LogP contribution in [0.4, 0.5) is 0 Å². The Balaban J connectivity index is 1.99. The van der Waals surface area contributed by atoms with Crippen molar-refractivity contribution in [3.8, 4) is 5.88 Å². The lowest BCUT2D eigenvalue weighted by atomic mass is 9.89. The molecule has 1 aliphatic carbocycles. The fraction of sp³-hybridized carbons (Fsp3) is 0.615. The van der Waals surface area contributed by atoms with Crippen molar-refractivity contribution < 1.29 is 4.74 Å². The largest absolute Gasteiger partial charge is 0.474 e. The molecule has 1 aromatic heterocycles. The molecule has 2 N–H and O–H groups in total. The fourth-order valence-electron chi connectivity index (χ4n) is 2.19. The monoisotopic (exact) mass is 254 g/mol. The van der Waals surface area contributed by atoms with Crippen molar-refractivity contribution in [2.24, 2.45) is 11.7 Å². The van der Waals surface area contributed by atoms with Gasteiger partial charge in [0.15, 0.2) is 0 Å². The van der Waals surface area contributed by atoms with Crippen molar-refractivity contribution in [2.45, 2.75) is 45.3 Å². The number of rotatable bonds is 3. The predicted molar refractivity (Wildman–Crippen MR) is 69.2 cm³/mol. The maximum Gasteiger partial charge on any atom is 0.213 e. The Morgan fingerprint density at radius 1 is 1.35 bits per heavy atom. The number of ether oxygens (including phenoxy) is 1. The van der Waals surface area contributed by atoms with Crippen LogP contribution in [0.15, 0.2) is 12.1 Å². The molecular formula is C13H19ClN2O. The second kappa shape index (κ2) is 5.69. The Kier molecular flexibility index (Phi) is 4.24. The third-order valence-electron chi connectivity index (χ3n) is 3.34. The van der Waals surface area contributed by atoms with Gasteiger partial charge in [-0.15, -0.1) is 0 Å². The average Bonchev–Trinajstić information content (AvgIpc) is 2.34. The minimum Gasteiger partial charge on any atom is -0.474 e. The van der Waals surface area contributed by atoms with Gasteiger partial charge in [-0.05, 0) is 37.7 Å². The Morgan fingerprint density at radius 3 is 2.71 bits per heavy atom. The Hall–Kier alpha value is -0.800. The molecule has 17 heavy (non-hydrogen) atoms. The van der Waals surface area contributed by atoms with Crippen LogP contribution in [0, 0.1) is 5.92 Å². The molecule has 0 aliphatic heterocycles. The first-order valence-electron chi connectivity index (χ1n) is 6.21. The highest BCUT2D eigenvalue weighted by Crippen LogP contribution is 2.27. The summed E-state index contributed by atoms with van der Waals surface area (Å²) < 4.78 is 5.88. The molecule has 0 atom stereocenters. The highest BCUT2D eigenvalue weighted by molar-refractivity contribution is 6.31. The Bertz CT molecular complexity index is 376. The third kappa shape index (κ3) is 3.33. The number of pyridine rings is 1. The first-order chi connectivity index (χ1) is 8.19. The maximum absolute atomic E-state index is 5.96. The summed E-state index contributed by atoms with van der Waals surface area (Å²) in [7, 11) is 0. The summed E-state index contributed by atoms with van der Waals surface area (Å²) in [5.74, 6) is 1.47. The molecule has 0 amide bonds. The molecule has 0 spiro atoms. The number of hydrogen-bond acceptors (Lipinski definition) is 3. The third-order valence-corrected chi connectivity index (χ3v) is 3.68. The molecule has 1 fully saturated rings. The molecular weight excluding hydrogens is 236 g/mol. The normalized spacial score (nSPS) is 24.6. The van der Waals surface area contributed by atoms with E-state index in [4.69, 9.17) is 22.1 Å². The van der Waals surface area contributed by atoms with Crippen molar-refractivity contribution >= 4 is 11.6 Å². The molecule has 0 radical (unpaired) electrons. The van der Waals surface area contributed by atoms with Gasteiger partial charge in [0.1, 0.15) is 6.10 Å². The number of nitrogens with zero attached hydrogens (tertiary/aromatic N) is 1. The van der Waals surface area contributed by atoms with E-state index in [2.05, 4.69) is 11.9 Å². The Labute approximate surface area is 107 Å². The summed E-state index contributed by atoms with van der Waals surface area (Å²) in [6.45, 7) is 2.64. The SMILES string of the molecule is CC1CCC(Oc2ccc(Cl)c(CN)n2)CC1. The van der Waals surface area contributed by atoms with Gasteiger partial charge in [0.05, 0.1) is 10.7 Å². The lowest BCUT2D eigenvalue weighted by Crippen LogP contribution is -2.23. The van der Waals surface area contributed by atoms with Crippen molar-refractivity contribution in [2.75, 3.05) is 0 Å². The Morgan fingerprint density at radius 2 is 2.06 bits per heavy atom. The van der Waals surface area contributed by atoms with Gasteiger partial charge in [-0.3, -0.25) is 0 Å². The van der Waals surface area contributed by atoms with Gasteiger partial charge in [0.2, 0.25) is 5.88 Å². The van der Waals surface area contributed by atoms with Gasteiger partial charge >= 0.3 is 0 Å². The number of halogens is 1. The molecule has 1 saturated carbocycles. The molecule has 0 unspecified atom stereocenters. The topological polar surface area (TPSA) is 48.1 Å². The van der Waals surface area contributed by atoms with Crippen molar-refractivity contribution in [3.05, 3.63) is 22.8 Å². The maximum atomic E-state index is 5.96. The highest BCUT2D eigenvalue weighted by atomic mass is 35.5. The van der Waals surface area contributed by atoms with Gasteiger partial charge in [-0.2, -0.15) is 0 Å². The van der Waals surface area contributed by atoms with Crippen LogP contribution in [0.5, 0.6) is 5.88 Å². The van der Waals surface area contributed by atoms with Gasteiger partial charge < -0.3 is 10.5 Å². The summed E-state index contributed by atoms with van der Waals surface area (Å²) in [6.07, 6.45) is 5.00. The first-order valence-corrected chi connectivity index (χ1v) is 6.59. The van der Waals surface area contributed by atoms with E-state index in [9.17, 15) is 0 Å². The van der Waals surface area contributed by atoms with E-state index in [1.807, 2.05) is 6.07 Å². The molecule has 1 heterocycles. The van der Waals surface area contributed by atoms with Crippen LogP contribution in [-0.4, -0.2) is 11.1 Å². The predicted octanol–water partition coefficient (Wildman–Crippen LogP) is 3.15. The quantitative estimate of drug-likeness (QED) is 0.902. The summed E-state index contributed by atoms with van der Waals surface area (Å²) in [6, 6.07) is 3.62. The van der Waals surface area contributed by atoms with E-state index >= 15 is 0 Å². The molecule has 2 rings (SSSR count). The number of aromatic nitrogens is 1. The first kappa shape index (κ1) is 12.7.